The Hall–Kier alpha value is -0.940. The minimum Gasteiger partial charge on any atom is -0.371 e. The summed E-state index contributed by atoms with van der Waals surface area (Å²) in [7, 11) is 0. The maximum absolute atomic E-state index is 5.76. The molecule has 0 bridgehead atoms. The fourth-order valence-corrected chi connectivity index (χ4v) is 1.07. The minimum atomic E-state index is -0.323. The Morgan fingerprint density at radius 2 is 2.20 bits per heavy atom. The van der Waals surface area contributed by atoms with Gasteiger partial charge in [-0.25, -0.2) is 0 Å². The monoisotopic (exact) mass is 213 g/mol. The average Bonchev–Trinajstić information content (AvgIpc) is 2.51. The Labute approximate surface area is 90.0 Å². The van der Waals surface area contributed by atoms with Crippen LogP contribution in [0.5, 0.6) is 0 Å². The molecule has 5 heteroatoms. The molecule has 0 aliphatic heterocycles. The van der Waals surface area contributed by atoms with Crippen molar-refractivity contribution >= 4 is 0 Å². The standard InChI is InChI=1S/C10H19N3O2/c1-4-5-9-12-8(13-15-9)6-14-7-10(2,3)11/h4-7,11H2,1-3H3. The number of rotatable bonds is 6. The molecule has 0 saturated heterocycles. The van der Waals surface area contributed by atoms with E-state index < -0.39 is 0 Å². The van der Waals surface area contributed by atoms with Crippen LogP contribution >= 0.6 is 0 Å². The molecule has 0 unspecified atom stereocenters. The third-order valence-electron chi connectivity index (χ3n) is 1.68. The Bertz CT molecular complexity index is 291. The molecule has 1 rings (SSSR count). The molecule has 0 fully saturated rings. The second-order valence-corrected chi connectivity index (χ2v) is 4.34. The van der Waals surface area contributed by atoms with E-state index in [1.165, 1.54) is 0 Å². The lowest BCUT2D eigenvalue weighted by atomic mass is 10.1. The van der Waals surface area contributed by atoms with Crippen molar-refractivity contribution in [3.63, 3.8) is 0 Å². The van der Waals surface area contributed by atoms with Crippen molar-refractivity contribution in [3.05, 3.63) is 11.7 Å². The summed E-state index contributed by atoms with van der Waals surface area (Å²) in [6, 6.07) is 0. The summed E-state index contributed by atoms with van der Waals surface area (Å²) >= 11 is 0. The van der Waals surface area contributed by atoms with Gasteiger partial charge in [-0.1, -0.05) is 12.1 Å². The van der Waals surface area contributed by atoms with Crippen molar-refractivity contribution in [2.24, 2.45) is 5.73 Å². The van der Waals surface area contributed by atoms with Crippen LogP contribution < -0.4 is 5.73 Å². The van der Waals surface area contributed by atoms with Gasteiger partial charge < -0.3 is 15.0 Å². The number of aromatic nitrogens is 2. The highest BCUT2D eigenvalue weighted by atomic mass is 16.5. The molecule has 0 radical (unpaired) electrons. The number of hydrogen-bond acceptors (Lipinski definition) is 5. The second kappa shape index (κ2) is 5.23. The van der Waals surface area contributed by atoms with Crippen molar-refractivity contribution < 1.29 is 9.26 Å². The van der Waals surface area contributed by atoms with Crippen molar-refractivity contribution in [1.82, 2.24) is 10.1 Å². The van der Waals surface area contributed by atoms with Gasteiger partial charge in [0.15, 0.2) is 5.82 Å². The van der Waals surface area contributed by atoms with Crippen molar-refractivity contribution in [1.29, 1.82) is 0 Å². The van der Waals surface area contributed by atoms with Crippen LogP contribution in [0.1, 0.15) is 38.9 Å². The minimum absolute atomic E-state index is 0.323. The normalized spacial score (nSPS) is 12.0. The van der Waals surface area contributed by atoms with E-state index in [2.05, 4.69) is 17.1 Å². The summed E-state index contributed by atoms with van der Waals surface area (Å²) in [5.41, 5.74) is 5.44. The van der Waals surface area contributed by atoms with Gasteiger partial charge in [-0.3, -0.25) is 0 Å². The fraction of sp³-hybridized carbons (Fsp3) is 0.800. The molecule has 2 N–H and O–H groups in total. The highest BCUT2D eigenvalue weighted by Crippen LogP contribution is 2.03. The van der Waals surface area contributed by atoms with E-state index in [4.69, 9.17) is 15.0 Å². The fourth-order valence-electron chi connectivity index (χ4n) is 1.07. The number of nitrogens with two attached hydrogens (primary N) is 1. The molecule has 1 heterocycles. The van der Waals surface area contributed by atoms with Crippen LogP contribution in [-0.4, -0.2) is 22.3 Å². The summed E-state index contributed by atoms with van der Waals surface area (Å²) in [5.74, 6) is 1.26. The van der Waals surface area contributed by atoms with Gasteiger partial charge in [0.25, 0.3) is 0 Å². The summed E-state index contributed by atoms with van der Waals surface area (Å²) in [5, 5.41) is 3.80. The predicted octanol–water partition coefficient (Wildman–Crippen LogP) is 1.28. The summed E-state index contributed by atoms with van der Waals surface area (Å²) < 4.78 is 10.4. The van der Waals surface area contributed by atoms with E-state index in [1.54, 1.807) is 0 Å². The first-order chi connectivity index (χ1) is 7.01. The molecular formula is C10H19N3O2. The zero-order valence-corrected chi connectivity index (χ0v) is 9.62. The lowest BCUT2D eigenvalue weighted by molar-refractivity contribution is 0.0794. The lowest BCUT2D eigenvalue weighted by Gasteiger charge is -2.17. The van der Waals surface area contributed by atoms with Crippen LogP contribution in [0.25, 0.3) is 0 Å². The SMILES string of the molecule is CCCc1nc(COCC(C)(C)N)no1. The first-order valence-electron chi connectivity index (χ1n) is 5.19. The van der Waals surface area contributed by atoms with E-state index in [1.807, 2.05) is 13.8 Å². The number of nitrogens with zero attached hydrogens (tertiary/aromatic N) is 2. The zero-order chi connectivity index (χ0) is 11.3. The lowest BCUT2D eigenvalue weighted by Crippen LogP contribution is -2.37. The molecule has 0 amide bonds. The first kappa shape index (κ1) is 12.1. The van der Waals surface area contributed by atoms with E-state index in [0.29, 0.717) is 24.9 Å². The van der Waals surface area contributed by atoms with Crippen LogP contribution in [0.15, 0.2) is 4.52 Å². The third kappa shape index (κ3) is 4.90. The van der Waals surface area contributed by atoms with E-state index in [0.717, 1.165) is 12.8 Å². The zero-order valence-electron chi connectivity index (χ0n) is 9.62. The number of hydrogen-bond donors (Lipinski definition) is 1. The van der Waals surface area contributed by atoms with Gasteiger partial charge in [0.05, 0.1) is 6.61 Å². The van der Waals surface area contributed by atoms with Gasteiger partial charge in [-0.15, -0.1) is 0 Å². The maximum Gasteiger partial charge on any atom is 0.226 e. The van der Waals surface area contributed by atoms with E-state index >= 15 is 0 Å². The average molecular weight is 213 g/mol. The van der Waals surface area contributed by atoms with Gasteiger partial charge in [0.1, 0.15) is 6.61 Å². The number of ether oxygens (including phenoxy) is 1. The predicted molar refractivity (Wildman–Crippen MR) is 56.2 cm³/mol. The quantitative estimate of drug-likeness (QED) is 0.770. The Morgan fingerprint density at radius 1 is 1.47 bits per heavy atom. The smallest absolute Gasteiger partial charge is 0.226 e. The van der Waals surface area contributed by atoms with Crippen LogP contribution in [0.4, 0.5) is 0 Å². The molecule has 0 saturated carbocycles. The van der Waals surface area contributed by atoms with Crippen LogP contribution in [0.2, 0.25) is 0 Å². The summed E-state index contributed by atoms with van der Waals surface area (Å²) in [6.07, 6.45) is 1.81. The largest absolute Gasteiger partial charge is 0.371 e. The molecule has 1 aromatic heterocycles. The molecule has 5 nitrogen and oxygen atoms in total. The van der Waals surface area contributed by atoms with E-state index in [-0.39, 0.29) is 5.54 Å². The second-order valence-electron chi connectivity index (χ2n) is 4.34. The third-order valence-corrected chi connectivity index (χ3v) is 1.68. The van der Waals surface area contributed by atoms with Crippen molar-refractivity contribution in [2.45, 2.75) is 45.8 Å². The first-order valence-corrected chi connectivity index (χ1v) is 5.19. The topological polar surface area (TPSA) is 74.2 Å². The van der Waals surface area contributed by atoms with Crippen LogP contribution in [0.3, 0.4) is 0 Å². The molecule has 0 aromatic carbocycles. The van der Waals surface area contributed by atoms with Gasteiger partial charge in [-0.05, 0) is 20.3 Å². The molecule has 15 heavy (non-hydrogen) atoms. The molecule has 0 atom stereocenters. The summed E-state index contributed by atoms with van der Waals surface area (Å²) in [4.78, 5) is 4.18. The maximum atomic E-state index is 5.76. The summed E-state index contributed by atoms with van der Waals surface area (Å²) in [6.45, 7) is 6.72. The van der Waals surface area contributed by atoms with Crippen molar-refractivity contribution in [3.8, 4) is 0 Å². The molecular weight excluding hydrogens is 194 g/mol. The molecule has 0 spiro atoms. The number of aryl methyl sites for hydroxylation is 1. The Balaban J connectivity index is 2.31. The van der Waals surface area contributed by atoms with Gasteiger partial charge >= 0.3 is 0 Å². The molecule has 0 aliphatic carbocycles. The molecule has 1 aromatic rings. The van der Waals surface area contributed by atoms with E-state index in [9.17, 15) is 0 Å². The molecule has 0 aliphatic rings. The van der Waals surface area contributed by atoms with Crippen molar-refractivity contribution in [2.75, 3.05) is 6.61 Å². The van der Waals surface area contributed by atoms with Crippen LogP contribution in [0, 0.1) is 0 Å². The highest BCUT2D eigenvalue weighted by molar-refractivity contribution is 4.84. The molecule has 86 valence electrons. The van der Waals surface area contributed by atoms with Gasteiger partial charge in [0, 0.05) is 12.0 Å². The van der Waals surface area contributed by atoms with Gasteiger partial charge in [-0.2, -0.15) is 4.98 Å². The highest BCUT2D eigenvalue weighted by Gasteiger charge is 2.12. The Morgan fingerprint density at radius 3 is 2.80 bits per heavy atom. The van der Waals surface area contributed by atoms with Gasteiger partial charge in [0.2, 0.25) is 5.89 Å². The van der Waals surface area contributed by atoms with Crippen LogP contribution in [-0.2, 0) is 17.8 Å². The Kier molecular flexibility index (Phi) is 4.23.